The van der Waals surface area contributed by atoms with Crippen molar-refractivity contribution >= 4 is 0 Å². The highest BCUT2D eigenvalue weighted by molar-refractivity contribution is 5.38. The topological polar surface area (TPSA) is 12.0 Å². The predicted octanol–water partition coefficient (Wildman–Crippen LogP) is 5.09. The highest BCUT2D eigenvalue weighted by atomic mass is 14.9. The molecule has 1 fully saturated rings. The van der Waals surface area contributed by atoms with Crippen LogP contribution in [-0.2, 0) is 0 Å². The van der Waals surface area contributed by atoms with E-state index in [1.165, 1.54) is 42.4 Å². The molecule has 20 heavy (non-hydrogen) atoms. The fourth-order valence-corrected chi connectivity index (χ4v) is 3.70. The molecule has 0 bridgehead atoms. The van der Waals surface area contributed by atoms with Crippen LogP contribution in [0.25, 0.3) is 0 Å². The van der Waals surface area contributed by atoms with Gasteiger partial charge < -0.3 is 5.32 Å². The molecule has 0 amide bonds. The summed E-state index contributed by atoms with van der Waals surface area (Å²) in [5, 5.41) is 3.84. The van der Waals surface area contributed by atoms with Crippen LogP contribution in [0.4, 0.5) is 0 Å². The van der Waals surface area contributed by atoms with E-state index in [0.29, 0.717) is 6.04 Å². The van der Waals surface area contributed by atoms with Gasteiger partial charge in [-0.05, 0) is 80.7 Å². The van der Waals surface area contributed by atoms with E-state index in [0.717, 1.165) is 18.4 Å². The Morgan fingerprint density at radius 3 is 2.40 bits per heavy atom. The Bertz CT molecular complexity index is 449. The monoisotopic (exact) mass is 273 g/mol. The van der Waals surface area contributed by atoms with E-state index in [1.54, 1.807) is 5.56 Å². The zero-order chi connectivity index (χ0) is 14.7. The Labute approximate surface area is 125 Å². The normalized spacial score (nSPS) is 24.1. The zero-order valence-corrected chi connectivity index (χ0v) is 13.9. The first-order chi connectivity index (χ1) is 9.52. The van der Waals surface area contributed by atoms with Crippen molar-refractivity contribution in [3.8, 4) is 0 Å². The van der Waals surface area contributed by atoms with E-state index in [4.69, 9.17) is 0 Å². The van der Waals surface area contributed by atoms with Gasteiger partial charge in [0.25, 0.3) is 0 Å². The van der Waals surface area contributed by atoms with Crippen LogP contribution in [0.2, 0.25) is 0 Å². The van der Waals surface area contributed by atoms with E-state index in [9.17, 15) is 0 Å². The van der Waals surface area contributed by atoms with Gasteiger partial charge in [-0.1, -0.05) is 32.4 Å². The summed E-state index contributed by atoms with van der Waals surface area (Å²) in [7, 11) is 0. The lowest BCUT2D eigenvalue weighted by Crippen LogP contribution is -2.28. The third-order valence-electron chi connectivity index (χ3n) is 5.04. The first-order valence-electron chi connectivity index (χ1n) is 8.34. The molecule has 0 aliphatic heterocycles. The molecular formula is C19H31N. The number of aryl methyl sites for hydroxylation is 3. The van der Waals surface area contributed by atoms with Crippen molar-refractivity contribution < 1.29 is 0 Å². The maximum atomic E-state index is 3.84. The van der Waals surface area contributed by atoms with Crippen LogP contribution in [0.5, 0.6) is 0 Å². The van der Waals surface area contributed by atoms with Gasteiger partial charge in [-0.15, -0.1) is 0 Å². The van der Waals surface area contributed by atoms with Crippen LogP contribution < -0.4 is 5.32 Å². The van der Waals surface area contributed by atoms with Crippen molar-refractivity contribution in [2.24, 2.45) is 11.8 Å². The van der Waals surface area contributed by atoms with Crippen molar-refractivity contribution in [3.63, 3.8) is 0 Å². The minimum absolute atomic E-state index is 0.555. The molecule has 0 heterocycles. The summed E-state index contributed by atoms with van der Waals surface area (Å²) in [6.07, 6.45) is 5.38. The molecule has 0 radical (unpaired) electrons. The minimum atomic E-state index is 0.555. The van der Waals surface area contributed by atoms with Gasteiger partial charge in [0.1, 0.15) is 0 Å². The molecule has 0 spiro atoms. The van der Waals surface area contributed by atoms with E-state index in [-0.39, 0.29) is 0 Å². The Kier molecular flexibility index (Phi) is 5.26. The molecule has 3 unspecified atom stereocenters. The van der Waals surface area contributed by atoms with Gasteiger partial charge in [0.05, 0.1) is 0 Å². The molecule has 2 rings (SSSR count). The fraction of sp³-hybridized carbons (Fsp3) is 0.684. The lowest BCUT2D eigenvalue weighted by atomic mass is 9.86. The van der Waals surface area contributed by atoms with Crippen molar-refractivity contribution in [2.45, 2.75) is 66.3 Å². The molecule has 3 atom stereocenters. The molecule has 1 heteroatoms. The molecule has 1 N–H and O–H groups in total. The van der Waals surface area contributed by atoms with E-state index in [2.05, 4.69) is 52.1 Å². The Morgan fingerprint density at radius 1 is 1.10 bits per heavy atom. The van der Waals surface area contributed by atoms with E-state index < -0.39 is 0 Å². The summed E-state index contributed by atoms with van der Waals surface area (Å²) in [5.41, 5.74) is 5.85. The maximum Gasteiger partial charge on any atom is 0.0351 e. The smallest absolute Gasteiger partial charge is 0.0351 e. The average Bonchev–Trinajstić information content (AvgIpc) is 2.82. The van der Waals surface area contributed by atoms with Gasteiger partial charge >= 0.3 is 0 Å². The second-order valence-corrected chi connectivity index (χ2v) is 6.90. The largest absolute Gasteiger partial charge is 0.310 e. The molecule has 1 aromatic rings. The van der Waals surface area contributed by atoms with Crippen molar-refractivity contribution in [2.75, 3.05) is 6.54 Å². The standard InChI is InChI=1S/C19H31N/c1-6-9-20-19(17-8-7-13(2)10-17)18-12-15(4)14(3)11-16(18)5/h11-13,17,19-20H,6-10H2,1-5H3. The Morgan fingerprint density at radius 2 is 1.80 bits per heavy atom. The van der Waals surface area contributed by atoms with Gasteiger partial charge in [-0.3, -0.25) is 0 Å². The summed E-state index contributed by atoms with van der Waals surface area (Å²) in [6.45, 7) is 12.5. The Hall–Kier alpha value is -0.820. The first-order valence-corrected chi connectivity index (χ1v) is 8.34. The number of hydrogen-bond donors (Lipinski definition) is 1. The fourth-order valence-electron chi connectivity index (χ4n) is 3.70. The van der Waals surface area contributed by atoms with Crippen molar-refractivity contribution in [3.05, 3.63) is 34.4 Å². The summed E-state index contributed by atoms with van der Waals surface area (Å²) in [4.78, 5) is 0. The zero-order valence-electron chi connectivity index (χ0n) is 13.9. The highest BCUT2D eigenvalue weighted by Crippen LogP contribution is 2.40. The minimum Gasteiger partial charge on any atom is -0.310 e. The molecule has 1 saturated carbocycles. The van der Waals surface area contributed by atoms with Crippen LogP contribution in [-0.4, -0.2) is 6.54 Å². The van der Waals surface area contributed by atoms with Gasteiger partial charge in [0.15, 0.2) is 0 Å². The number of rotatable bonds is 5. The average molecular weight is 273 g/mol. The second-order valence-electron chi connectivity index (χ2n) is 6.90. The molecule has 1 aliphatic carbocycles. The van der Waals surface area contributed by atoms with Gasteiger partial charge in [0, 0.05) is 6.04 Å². The van der Waals surface area contributed by atoms with Crippen LogP contribution in [0.1, 0.15) is 67.8 Å². The lowest BCUT2D eigenvalue weighted by molar-refractivity contribution is 0.358. The SMILES string of the molecule is CCCNC(c1cc(C)c(C)cc1C)C1CCC(C)C1. The quantitative estimate of drug-likeness (QED) is 0.788. The highest BCUT2D eigenvalue weighted by Gasteiger charge is 2.30. The Balaban J connectivity index is 2.28. The summed E-state index contributed by atoms with van der Waals surface area (Å²) in [5.74, 6) is 1.72. The number of benzene rings is 1. The third kappa shape index (κ3) is 3.44. The molecule has 1 aliphatic rings. The van der Waals surface area contributed by atoms with Gasteiger partial charge in [-0.2, -0.15) is 0 Å². The van der Waals surface area contributed by atoms with Crippen molar-refractivity contribution in [1.29, 1.82) is 0 Å². The van der Waals surface area contributed by atoms with E-state index >= 15 is 0 Å². The molecule has 1 aromatic carbocycles. The van der Waals surface area contributed by atoms with Gasteiger partial charge in [0.2, 0.25) is 0 Å². The van der Waals surface area contributed by atoms with Crippen LogP contribution in [0.15, 0.2) is 12.1 Å². The summed E-state index contributed by atoms with van der Waals surface area (Å²) < 4.78 is 0. The third-order valence-corrected chi connectivity index (χ3v) is 5.04. The number of hydrogen-bond acceptors (Lipinski definition) is 1. The number of nitrogens with one attached hydrogen (secondary N) is 1. The first kappa shape index (κ1) is 15.6. The molecule has 112 valence electrons. The van der Waals surface area contributed by atoms with Crippen LogP contribution in [0, 0.1) is 32.6 Å². The van der Waals surface area contributed by atoms with Gasteiger partial charge in [-0.25, -0.2) is 0 Å². The summed E-state index contributed by atoms with van der Waals surface area (Å²) >= 11 is 0. The van der Waals surface area contributed by atoms with Crippen LogP contribution >= 0.6 is 0 Å². The summed E-state index contributed by atoms with van der Waals surface area (Å²) in [6, 6.07) is 5.35. The molecule has 1 nitrogen and oxygen atoms in total. The molecular weight excluding hydrogens is 242 g/mol. The van der Waals surface area contributed by atoms with Crippen molar-refractivity contribution in [1.82, 2.24) is 5.32 Å². The lowest BCUT2D eigenvalue weighted by Gasteiger charge is -2.28. The molecule has 0 aromatic heterocycles. The second kappa shape index (κ2) is 6.76. The molecule has 0 saturated heterocycles. The maximum absolute atomic E-state index is 3.84. The van der Waals surface area contributed by atoms with Crippen LogP contribution in [0.3, 0.4) is 0 Å². The predicted molar refractivity (Wildman–Crippen MR) is 88.2 cm³/mol. The van der Waals surface area contributed by atoms with E-state index in [1.807, 2.05) is 0 Å².